The molecule has 0 heterocycles. The fourth-order valence-electron chi connectivity index (χ4n) is 1.68. The van der Waals surface area contributed by atoms with Crippen molar-refractivity contribution in [3.05, 3.63) is 57.0 Å². The largest absolute Gasteiger partial charge is 0.399 e. The van der Waals surface area contributed by atoms with E-state index in [1.54, 1.807) is 18.2 Å². The number of nitrogen functional groups attached to an aromatic ring is 1. The van der Waals surface area contributed by atoms with Crippen LogP contribution in [0.3, 0.4) is 0 Å². The molecule has 2 aromatic rings. The standard InChI is InChI=1S/C14H12BrClN2O/c1-8-12(15)3-2-4-13(8)18-14(19)9-5-10(16)7-11(17)6-9/h2-7H,17H2,1H3,(H,18,19). The quantitative estimate of drug-likeness (QED) is 0.804. The van der Waals surface area contributed by atoms with Crippen LogP contribution in [0, 0.1) is 6.92 Å². The van der Waals surface area contributed by atoms with Crippen LogP contribution in [0.2, 0.25) is 5.02 Å². The van der Waals surface area contributed by atoms with Gasteiger partial charge in [0.05, 0.1) is 0 Å². The molecule has 0 unspecified atom stereocenters. The SMILES string of the molecule is Cc1c(Br)cccc1NC(=O)c1cc(N)cc(Cl)c1. The third-order valence-electron chi connectivity index (χ3n) is 2.70. The summed E-state index contributed by atoms with van der Waals surface area (Å²) in [4.78, 5) is 12.1. The number of amides is 1. The number of nitrogens with one attached hydrogen (secondary N) is 1. The fourth-order valence-corrected chi connectivity index (χ4v) is 2.29. The molecule has 98 valence electrons. The van der Waals surface area contributed by atoms with Gasteiger partial charge in [-0.1, -0.05) is 33.6 Å². The number of hydrogen-bond acceptors (Lipinski definition) is 2. The molecule has 0 aromatic heterocycles. The van der Waals surface area contributed by atoms with Crippen molar-refractivity contribution in [3.8, 4) is 0 Å². The van der Waals surface area contributed by atoms with E-state index in [0.29, 0.717) is 16.3 Å². The summed E-state index contributed by atoms with van der Waals surface area (Å²) >= 11 is 9.31. The lowest BCUT2D eigenvalue weighted by Gasteiger charge is -2.10. The Morgan fingerprint density at radius 2 is 2.05 bits per heavy atom. The zero-order valence-corrected chi connectivity index (χ0v) is 12.5. The first kappa shape index (κ1) is 13.9. The minimum Gasteiger partial charge on any atom is -0.399 e. The Morgan fingerprint density at radius 3 is 2.74 bits per heavy atom. The van der Waals surface area contributed by atoms with Crippen LogP contribution in [0.25, 0.3) is 0 Å². The summed E-state index contributed by atoms with van der Waals surface area (Å²) in [6.07, 6.45) is 0. The van der Waals surface area contributed by atoms with E-state index >= 15 is 0 Å². The molecule has 0 spiro atoms. The predicted octanol–water partition coefficient (Wildman–Crippen LogP) is 4.25. The van der Waals surface area contributed by atoms with Gasteiger partial charge in [0.2, 0.25) is 0 Å². The van der Waals surface area contributed by atoms with E-state index < -0.39 is 0 Å². The van der Waals surface area contributed by atoms with Crippen molar-refractivity contribution >= 4 is 44.8 Å². The van der Waals surface area contributed by atoms with Gasteiger partial charge in [-0.15, -0.1) is 0 Å². The molecule has 2 rings (SSSR count). The first-order valence-electron chi connectivity index (χ1n) is 5.60. The summed E-state index contributed by atoms with van der Waals surface area (Å²) in [6, 6.07) is 10.4. The molecule has 0 radical (unpaired) electrons. The van der Waals surface area contributed by atoms with Crippen LogP contribution in [0.1, 0.15) is 15.9 Å². The van der Waals surface area contributed by atoms with E-state index in [2.05, 4.69) is 21.2 Å². The van der Waals surface area contributed by atoms with Crippen molar-refractivity contribution in [1.29, 1.82) is 0 Å². The lowest BCUT2D eigenvalue weighted by Crippen LogP contribution is -2.13. The Labute approximate surface area is 124 Å². The Hall–Kier alpha value is -1.52. The second-order valence-corrected chi connectivity index (χ2v) is 5.43. The van der Waals surface area contributed by atoms with Gasteiger partial charge in [0, 0.05) is 26.4 Å². The van der Waals surface area contributed by atoms with E-state index in [4.69, 9.17) is 17.3 Å². The molecule has 3 nitrogen and oxygen atoms in total. The Bertz CT molecular complexity index is 623. The van der Waals surface area contributed by atoms with Crippen molar-refractivity contribution in [1.82, 2.24) is 0 Å². The minimum absolute atomic E-state index is 0.240. The highest BCUT2D eigenvalue weighted by Crippen LogP contribution is 2.24. The average Bonchev–Trinajstić information content (AvgIpc) is 2.33. The number of carbonyl (C=O) groups is 1. The van der Waals surface area contributed by atoms with Gasteiger partial charge < -0.3 is 11.1 Å². The zero-order valence-electron chi connectivity index (χ0n) is 10.2. The van der Waals surface area contributed by atoms with Gasteiger partial charge in [-0.05, 0) is 42.8 Å². The normalized spacial score (nSPS) is 10.3. The summed E-state index contributed by atoms with van der Waals surface area (Å²) < 4.78 is 0.941. The fraction of sp³-hybridized carbons (Fsp3) is 0.0714. The number of halogens is 2. The average molecular weight is 340 g/mol. The van der Waals surface area contributed by atoms with Crippen molar-refractivity contribution in [3.63, 3.8) is 0 Å². The van der Waals surface area contributed by atoms with Crippen LogP contribution in [0.5, 0.6) is 0 Å². The molecule has 5 heteroatoms. The second kappa shape index (κ2) is 5.63. The molecule has 2 aromatic carbocycles. The Morgan fingerprint density at radius 1 is 1.32 bits per heavy atom. The van der Waals surface area contributed by atoms with Gasteiger partial charge in [0.15, 0.2) is 0 Å². The number of carbonyl (C=O) groups excluding carboxylic acids is 1. The van der Waals surface area contributed by atoms with Gasteiger partial charge >= 0.3 is 0 Å². The molecule has 1 amide bonds. The van der Waals surface area contributed by atoms with Gasteiger partial charge in [-0.25, -0.2) is 0 Å². The molecular weight excluding hydrogens is 328 g/mol. The maximum absolute atomic E-state index is 12.1. The lowest BCUT2D eigenvalue weighted by molar-refractivity contribution is 0.102. The van der Waals surface area contributed by atoms with Crippen molar-refractivity contribution in [2.24, 2.45) is 0 Å². The second-order valence-electron chi connectivity index (χ2n) is 4.14. The van der Waals surface area contributed by atoms with Crippen molar-refractivity contribution < 1.29 is 4.79 Å². The number of hydrogen-bond donors (Lipinski definition) is 2. The topological polar surface area (TPSA) is 55.1 Å². The maximum atomic E-state index is 12.1. The summed E-state index contributed by atoms with van der Waals surface area (Å²) in [5, 5.41) is 3.28. The summed E-state index contributed by atoms with van der Waals surface area (Å²) in [6.45, 7) is 1.92. The first-order valence-corrected chi connectivity index (χ1v) is 6.77. The Kier molecular flexibility index (Phi) is 4.12. The Balaban J connectivity index is 2.28. The summed E-state index contributed by atoms with van der Waals surface area (Å²) in [5.74, 6) is -0.240. The van der Waals surface area contributed by atoms with Gasteiger partial charge in [-0.2, -0.15) is 0 Å². The van der Waals surface area contributed by atoms with Gasteiger partial charge in [0.25, 0.3) is 5.91 Å². The first-order chi connectivity index (χ1) is 8.97. The van der Waals surface area contributed by atoms with Crippen molar-refractivity contribution in [2.45, 2.75) is 6.92 Å². The molecule has 0 saturated heterocycles. The summed E-state index contributed by atoms with van der Waals surface area (Å²) in [5.41, 5.74) is 8.28. The summed E-state index contributed by atoms with van der Waals surface area (Å²) in [7, 11) is 0. The molecule has 0 atom stereocenters. The van der Waals surface area contributed by atoms with E-state index in [1.807, 2.05) is 25.1 Å². The molecule has 19 heavy (non-hydrogen) atoms. The van der Waals surface area contributed by atoms with Crippen molar-refractivity contribution in [2.75, 3.05) is 11.1 Å². The van der Waals surface area contributed by atoms with E-state index in [9.17, 15) is 4.79 Å². The molecule has 0 fully saturated rings. The minimum atomic E-state index is -0.240. The number of rotatable bonds is 2. The van der Waals surface area contributed by atoms with Gasteiger partial charge in [-0.3, -0.25) is 4.79 Å². The molecule has 0 saturated carbocycles. The lowest BCUT2D eigenvalue weighted by atomic mass is 10.1. The van der Waals surface area contributed by atoms with E-state index in [0.717, 1.165) is 15.7 Å². The van der Waals surface area contributed by atoms with E-state index in [-0.39, 0.29) is 5.91 Å². The van der Waals surface area contributed by atoms with Crippen LogP contribution in [-0.2, 0) is 0 Å². The highest BCUT2D eigenvalue weighted by molar-refractivity contribution is 9.10. The van der Waals surface area contributed by atoms with Crippen LogP contribution in [-0.4, -0.2) is 5.91 Å². The predicted molar refractivity (Wildman–Crippen MR) is 82.7 cm³/mol. The number of anilines is 2. The highest BCUT2D eigenvalue weighted by atomic mass is 79.9. The zero-order chi connectivity index (χ0) is 14.0. The van der Waals surface area contributed by atoms with Crippen LogP contribution in [0.15, 0.2) is 40.9 Å². The highest BCUT2D eigenvalue weighted by Gasteiger charge is 2.10. The molecule has 0 bridgehead atoms. The maximum Gasteiger partial charge on any atom is 0.255 e. The molecule has 0 aliphatic carbocycles. The molecule has 3 N–H and O–H groups in total. The van der Waals surface area contributed by atoms with Crippen LogP contribution in [0.4, 0.5) is 11.4 Å². The monoisotopic (exact) mass is 338 g/mol. The smallest absolute Gasteiger partial charge is 0.255 e. The van der Waals surface area contributed by atoms with E-state index in [1.165, 1.54) is 0 Å². The van der Waals surface area contributed by atoms with Crippen LogP contribution < -0.4 is 11.1 Å². The van der Waals surface area contributed by atoms with Crippen LogP contribution >= 0.6 is 27.5 Å². The molecular formula is C14H12BrClN2O. The molecule has 0 aliphatic rings. The third kappa shape index (κ3) is 3.28. The third-order valence-corrected chi connectivity index (χ3v) is 3.78. The number of benzene rings is 2. The number of nitrogens with two attached hydrogens (primary N) is 1. The molecule has 0 aliphatic heterocycles. The van der Waals surface area contributed by atoms with Gasteiger partial charge in [0.1, 0.15) is 0 Å².